The predicted octanol–water partition coefficient (Wildman–Crippen LogP) is 5.31. The van der Waals surface area contributed by atoms with Crippen molar-refractivity contribution in [3.63, 3.8) is 0 Å². The first kappa shape index (κ1) is 15.1. The summed E-state index contributed by atoms with van der Waals surface area (Å²) in [6, 6.07) is 19.2. The van der Waals surface area contributed by atoms with E-state index in [-0.39, 0.29) is 5.91 Å². The van der Waals surface area contributed by atoms with Gasteiger partial charge in [0.1, 0.15) is 5.82 Å². The second-order valence-corrected chi connectivity index (χ2v) is 7.70. The van der Waals surface area contributed by atoms with Crippen molar-refractivity contribution in [2.24, 2.45) is 0 Å². The first-order chi connectivity index (χ1) is 11.7. The molecule has 1 amide bonds. The van der Waals surface area contributed by atoms with Crippen LogP contribution in [0.15, 0.2) is 64.5 Å². The van der Waals surface area contributed by atoms with Gasteiger partial charge in [0.05, 0.1) is 19.7 Å². The zero-order valence-electron chi connectivity index (χ0n) is 12.4. The first-order valence-electron chi connectivity index (χ1n) is 7.31. The van der Waals surface area contributed by atoms with E-state index in [1.165, 1.54) is 11.3 Å². The van der Waals surface area contributed by atoms with E-state index in [1.807, 2.05) is 54.6 Å². The molecule has 0 spiro atoms. The highest BCUT2D eigenvalue weighted by atomic mass is 79.9. The van der Waals surface area contributed by atoms with Crippen LogP contribution in [0.5, 0.6) is 0 Å². The summed E-state index contributed by atoms with van der Waals surface area (Å²) in [6.45, 7) is 0. The van der Waals surface area contributed by atoms with Crippen molar-refractivity contribution in [3.8, 4) is 11.4 Å². The van der Waals surface area contributed by atoms with Crippen LogP contribution >= 0.6 is 27.3 Å². The molecular weight excluding hydrogens is 386 g/mol. The van der Waals surface area contributed by atoms with Gasteiger partial charge >= 0.3 is 0 Å². The first-order valence-corrected chi connectivity index (χ1v) is 8.92. The van der Waals surface area contributed by atoms with Gasteiger partial charge in [-0.25, -0.2) is 4.98 Å². The summed E-state index contributed by atoms with van der Waals surface area (Å²) in [5.74, 6) is 0.707. The molecule has 118 valence electrons. The Morgan fingerprint density at radius 3 is 2.54 bits per heavy atom. The lowest BCUT2D eigenvalue weighted by Crippen LogP contribution is -2.09. The Morgan fingerprint density at radius 1 is 1.04 bits per heavy atom. The number of para-hydroxylation sites is 2. The van der Waals surface area contributed by atoms with E-state index in [0.29, 0.717) is 4.88 Å². The van der Waals surface area contributed by atoms with E-state index >= 15 is 0 Å². The monoisotopic (exact) mass is 397 g/mol. The number of anilines is 1. The SMILES string of the molecule is O=C(Nc1ccc(-c2nc3ccccc3[nH]2)cc1)c1ccc(Br)s1. The molecule has 0 aliphatic rings. The van der Waals surface area contributed by atoms with Crippen molar-refractivity contribution in [1.82, 2.24) is 9.97 Å². The van der Waals surface area contributed by atoms with Crippen LogP contribution in [0.1, 0.15) is 9.67 Å². The molecule has 4 nitrogen and oxygen atoms in total. The van der Waals surface area contributed by atoms with Gasteiger partial charge in [-0.2, -0.15) is 0 Å². The van der Waals surface area contributed by atoms with Gasteiger partial charge in [0.2, 0.25) is 0 Å². The second kappa shape index (κ2) is 6.22. The molecule has 4 rings (SSSR count). The average molecular weight is 398 g/mol. The highest BCUT2D eigenvalue weighted by Crippen LogP contribution is 2.24. The maximum atomic E-state index is 12.2. The molecule has 2 heterocycles. The van der Waals surface area contributed by atoms with Crippen molar-refractivity contribution in [2.75, 3.05) is 5.32 Å². The van der Waals surface area contributed by atoms with Crippen molar-refractivity contribution >= 4 is 49.9 Å². The largest absolute Gasteiger partial charge is 0.338 e. The number of nitrogens with one attached hydrogen (secondary N) is 2. The molecule has 0 radical (unpaired) electrons. The third kappa shape index (κ3) is 2.98. The number of nitrogens with zero attached hydrogens (tertiary/aromatic N) is 1. The fraction of sp³-hybridized carbons (Fsp3) is 0. The summed E-state index contributed by atoms with van der Waals surface area (Å²) < 4.78 is 0.938. The molecule has 0 bridgehead atoms. The van der Waals surface area contributed by atoms with E-state index in [2.05, 4.69) is 31.2 Å². The summed E-state index contributed by atoms with van der Waals surface area (Å²) in [5, 5.41) is 2.90. The third-order valence-corrected chi connectivity index (χ3v) is 5.22. The fourth-order valence-corrected chi connectivity index (χ4v) is 3.71. The molecule has 4 aromatic rings. The third-order valence-electron chi connectivity index (χ3n) is 3.60. The van der Waals surface area contributed by atoms with Gasteiger partial charge < -0.3 is 10.3 Å². The zero-order valence-corrected chi connectivity index (χ0v) is 14.8. The number of halogens is 1. The lowest BCUT2D eigenvalue weighted by atomic mass is 10.2. The lowest BCUT2D eigenvalue weighted by Gasteiger charge is -2.04. The molecular formula is C18H12BrN3OS. The summed E-state index contributed by atoms with van der Waals surface area (Å²) >= 11 is 4.77. The molecule has 0 aliphatic heterocycles. The molecule has 24 heavy (non-hydrogen) atoms. The van der Waals surface area contributed by atoms with Crippen LogP contribution in [0.25, 0.3) is 22.4 Å². The standard InChI is InChI=1S/C18H12BrN3OS/c19-16-10-9-15(24-16)18(23)20-12-7-5-11(6-8-12)17-21-13-3-1-2-4-14(13)22-17/h1-10H,(H,20,23)(H,21,22). The number of aromatic amines is 1. The van der Waals surface area contributed by atoms with Crippen molar-refractivity contribution in [3.05, 3.63) is 69.3 Å². The van der Waals surface area contributed by atoms with Gasteiger partial charge in [-0.1, -0.05) is 12.1 Å². The fourth-order valence-electron chi connectivity index (χ4n) is 2.43. The van der Waals surface area contributed by atoms with Gasteiger partial charge in [0.25, 0.3) is 5.91 Å². The van der Waals surface area contributed by atoms with Gasteiger partial charge in [-0.3, -0.25) is 4.79 Å². The number of rotatable bonds is 3. The predicted molar refractivity (Wildman–Crippen MR) is 102 cm³/mol. The number of carbonyl (C=O) groups excluding carboxylic acids is 1. The van der Waals surface area contributed by atoms with E-state index in [0.717, 1.165) is 31.9 Å². The lowest BCUT2D eigenvalue weighted by molar-refractivity contribution is 0.103. The molecule has 0 saturated heterocycles. The quantitative estimate of drug-likeness (QED) is 0.492. The normalized spacial score (nSPS) is 10.9. The second-order valence-electron chi connectivity index (χ2n) is 5.24. The Morgan fingerprint density at radius 2 is 1.83 bits per heavy atom. The van der Waals surface area contributed by atoms with E-state index in [1.54, 1.807) is 6.07 Å². The maximum absolute atomic E-state index is 12.2. The summed E-state index contributed by atoms with van der Waals surface area (Å²) in [6.07, 6.45) is 0. The number of benzene rings is 2. The van der Waals surface area contributed by atoms with Crippen LogP contribution < -0.4 is 5.32 Å². The topological polar surface area (TPSA) is 57.8 Å². The summed E-state index contributed by atoms with van der Waals surface area (Å²) in [5.41, 5.74) is 3.67. The molecule has 2 aromatic heterocycles. The minimum atomic E-state index is -0.109. The van der Waals surface area contributed by atoms with Gasteiger partial charge in [-0.05, 0) is 64.5 Å². The molecule has 2 N–H and O–H groups in total. The van der Waals surface area contributed by atoms with E-state index in [4.69, 9.17) is 0 Å². The van der Waals surface area contributed by atoms with Gasteiger partial charge in [0.15, 0.2) is 0 Å². The number of carbonyl (C=O) groups is 1. The van der Waals surface area contributed by atoms with Crippen molar-refractivity contribution in [2.45, 2.75) is 0 Å². The summed E-state index contributed by atoms with van der Waals surface area (Å²) in [7, 11) is 0. The smallest absolute Gasteiger partial charge is 0.265 e. The van der Waals surface area contributed by atoms with Crippen LogP contribution in [0.4, 0.5) is 5.69 Å². The Kier molecular flexibility index (Phi) is 3.92. The number of hydrogen-bond donors (Lipinski definition) is 2. The molecule has 0 fully saturated rings. The molecule has 2 aromatic carbocycles. The molecule has 0 unspecified atom stereocenters. The molecule has 0 saturated carbocycles. The average Bonchev–Trinajstić information content (AvgIpc) is 3.21. The van der Waals surface area contributed by atoms with Crippen LogP contribution in [0.3, 0.4) is 0 Å². The van der Waals surface area contributed by atoms with E-state index in [9.17, 15) is 4.79 Å². The number of H-pyrrole nitrogens is 1. The van der Waals surface area contributed by atoms with Gasteiger partial charge in [0, 0.05) is 11.3 Å². The number of fused-ring (bicyclic) bond motifs is 1. The van der Waals surface area contributed by atoms with Crippen molar-refractivity contribution in [1.29, 1.82) is 0 Å². The highest BCUT2D eigenvalue weighted by molar-refractivity contribution is 9.11. The van der Waals surface area contributed by atoms with Gasteiger partial charge in [-0.15, -0.1) is 11.3 Å². The zero-order chi connectivity index (χ0) is 16.5. The summed E-state index contributed by atoms with van der Waals surface area (Å²) in [4.78, 5) is 20.7. The van der Waals surface area contributed by atoms with Crippen LogP contribution in [0.2, 0.25) is 0 Å². The van der Waals surface area contributed by atoms with Crippen LogP contribution in [0, 0.1) is 0 Å². The molecule has 0 aliphatic carbocycles. The maximum Gasteiger partial charge on any atom is 0.265 e. The highest BCUT2D eigenvalue weighted by Gasteiger charge is 2.09. The van der Waals surface area contributed by atoms with Crippen LogP contribution in [-0.2, 0) is 0 Å². The van der Waals surface area contributed by atoms with Crippen molar-refractivity contribution < 1.29 is 4.79 Å². The number of thiophene rings is 1. The van der Waals surface area contributed by atoms with E-state index < -0.39 is 0 Å². The Labute approximate surface area is 150 Å². The Bertz CT molecular complexity index is 987. The minimum absolute atomic E-state index is 0.109. The minimum Gasteiger partial charge on any atom is -0.338 e. The Hall–Kier alpha value is -2.44. The number of aromatic nitrogens is 2. The molecule has 6 heteroatoms. The number of hydrogen-bond acceptors (Lipinski definition) is 3. The number of amides is 1. The number of imidazole rings is 1. The van der Waals surface area contributed by atoms with Crippen LogP contribution in [-0.4, -0.2) is 15.9 Å². The Balaban J connectivity index is 1.55. The molecule has 0 atom stereocenters.